The number of carbonyl (C=O) groups excluding carboxylic acids is 1. The first-order valence-electron chi connectivity index (χ1n) is 9.07. The monoisotopic (exact) mass is 371 g/mol. The van der Waals surface area contributed by atoms with Crippen LogP contribution in [0, 0.1) is 0 Å². The normalized spacial score (nSPS) is 13.6. The number of ether oxygens (including phenoxy) is 2. The number of H-pyrrole nitrogens is 1. The van der Waals surface area contributed by atoms with E-state index in [2.05, 4.69) is 29.0 Å². The van der Waals surface area contributed by atoms with E-state index in [4.69, 9.17) is 9.47 Å². The van der Waals surface area contributed by atoms with Crippen molar-refractivity contribution in [3.8, 4) is 11.5 Å². The maximum absolute atomic E-state index is 12.4. The van der Waals surface area contributed by atoms with Crippen molar-refractivity contribution in [3.63, 3.8) is 0 Å². The van der Waals surface area contributed by atoms with Crippen LogP contribution in [-0.2, 0) is 13.1 Å². The number of pyridine rings is 1. The molecule has 1 amide bonds. The summed E-state index contributed by atoms with van der Waals surface area (Å²) in [6.45, 7) is 5.39. The van der Waals surface area contributed by atoms with Gasteiger partial charge in [-0.2, -0.15) is 0 Å². The number of benzene rings is 1. The van der Waals surface area contributed by atoms with E-state index in [-0.39, 0.29) is 17.9 Å². The number of hydrogen-bond donors (Lipinski definition) is 2. The molecule has 27 heavy (non-hydrogen) atoms. The topological polar surface area (TPSA) is 83.7 Å². The SMILES string of the molecule is CC[C@@H](C)N(C)Cc1ccc(C(=O)NCc2ccc3c(c2)OCO3)c(=O)[nH]1. The minimum Gasteiger partial charge on any atom is -0.454 e. The van der Waals surface area contributed by atoms with Crippen molar-refractivity contribution in [2.45, 2.75) is 39.4 Å². The fourth-order valence-electron chi connectivity index (χ4n) is 2.85. The van der Waals surface area contributed by atoms with Gasteiger partial charge in [0, 0.05) is 24.8 Å². The van der Waals surface area contributed by atoms with Crippen LogP contribution < -0.4 is 20.3 Å². The molecule has 0 saturated carbocycles. The van der Waals surface area contributed by atoms with Gasteiger partial charge < -0.3 is 19.8 Å². The summed E-state index contributed by atoms with van der Waals surface area (Å²) >= 11 is 0. The largest absolute Gasteiger partial charge is 0.454 e. The highest BCUT2D eigenvalue weighted by atomic mass is 16.7. The number of carbonyl (C=O) groups is 1. The van der Waals surface area contributed by atoms with Gasteiger partial charge in [0.25, 0.3) is 11.5 Å². The zero-order chi connectivity index (χ0) is 19.4. The second kappa shape index (κ2) is 8.26. The fraction of sp³-hybridized carbons (Fsp3) is 0.400. The average Bonchev–Trinajstić information content (AvgIpc) is 3.13. The number of amides is 1. The average molecular weight is 371 g/mol. The lowest BCUT2D eigenvalue weighted by molar-refractivity contribution is 0.0949. The molecule has 7 nitrogen and oxygen atoms in total. The Hall–Kier alpha value is -2.80. The van der Waals surface area contributed by atoms with Crippen LogP contribution in [0.15, 0.2) is 35.1 Å². The Morgan fingerprint density at radius 3 is 2.78 bits per heavy atom. The summed E-state index contributed by atoms with van der Waals surface area (Å²) < 4.78 is 10.6. The number of aromatic amines is 1. The number of aromatic nitrogens is 1. The van der Waals surface area contributed by atoms with Crippen molar-refractivity contribution in [1.82, 2.24) is 15.2 Å². The highest BCUT2D eigenvalue weighted by Crippen LogP contribution is 2.32. The van der Waals surface area contributed by atoms with Gasteiger partial charge in [0.1, 0.15) is 5.56 Å². The number of fused-ring (bicyclic) bond motifs is 1. The van der Waals surface area contributed by atoms with Crippen molar-refractivity contribution < 1.29 is 14.3 Å². The Bertz CT molecular complexity index is 878. The lowest BCUT2D eigenvalue weighted by Crippen LogP contribution is -2.31. The zero-order valence-corrected chi connectivity index (χ0v) is 15.9. The number of hydrogen-bond acceptors (Lipinski definition) is 5. The summed E-state index contributed by atoms with van der Waals surface area (Å²) in [5.41, 5.74) is 1.38. The van der Waals surface area contributed by atoms with Crippen molar-refractivity contribution in [2.24, 2.45) is 0 Å². The predicted octanol–water partition coefficient (Wildman–Crippen LogP) is 2.26. The first-order chi connectivity index (χ1) is 13.0. The molecule has 0 radical (unpaired) electrons. The molecule has 1 aromatic carbocycles. The second-order valence-corrected chi connectivity index (χ2v) is 6.77. The van der Waals surface area contributed by atoms with Gasteiger partial charge in [-0.1, -0.05) is 13.0 Å². The fourth-order valence-corrected chi connectivity index (χ4v) is 2.85. The van der Waals surface area contributed by atoms with Crippen LogP contribution in [0.5, 0.6) is 11.5 Å². The third-order valence-corrected chi connectivity index (χ3v) is 4.87. The third kappa shape index (κ3) is 4.49. The summed E-state index contributed by atoms with van der Waals surface area (Å²) in [6, 6.07) is 9.26. The Morgan fingerprint density at radius 1 is 1.26 bits per heavy atom. The van der Waals surface area contributed by atoms with E-state index in [1.807, 2.05) is 19.2 Å². The van der Waals surface area contributed by atoms with Gasteiger partial charge in [-0.05, 0) is 50.2 Å². The molecule has 0 unspecified atom stereocenters. The maximum atomic E-state index is 12.4. The molecular weight excluding hydrogens is 346 g/mol. The first kappa shape index (κ1) is 19.0. The molecule has 0 spiro atoms. The summed E-state index contributed by atoms with van der Waals surface area (Å²) in [5, 5.41) is 2.77. The minimum absolute atomic E-state index is 0.102. The molecular formula is C20H25N3O4. The molecule has 0 fully saturated rings. The van der Waals surface area contributed by atoms with Gasteiger partial charge in [0.2, 0.25) is 6.79 Å². The number of rotatable bonds is 7. The third-order valence-electron chi connectivity index (χ3n) is 4.87. The maximum Gasteiger partial charge on any atom is 0.261 e. The van der Waals surface area contributed by atoms with Crippen LogP contribution in [0.2, 0.25) is 0 Å². The molecule has 0 saturated heterocycles. The summed E-state index contributed by atoms with van der Waals surface area (Å²) in [4.78, 5) is 29.6. The van der Waals surface area contributed by atoms with Crippen molar-refractivity contribution in [3.05, 3.63) is 57.5 Å². The molecule has 0 aliphatic carbocycles. The minimum atomic E-state index is -0.407. The molecule has 2 aromatic rings. The summed E-state index contributed by atoms with van der Waals surface area (Å²) in [5.74, 6) is 0.949. The van der Waals surface area contributed by atoms with Crippen LogP contribution in [0.3, 0.4) is 0 Å². The molecule has 1 aliphatic rings. The van der Waals surface area contributed by atoms with Gasteiger partial charge >= 0.3 is 0 Å². The lowest BCUT2D eigenvalue weighted by atomic mass is 10.2. The number of nitrogens with one attached hydrogen (secondary N) is 2. The molecule has 2 heterocycles. The Kier molecular flexibility index (Phi) is 5.81. The van der Waals surface area contributed by atoms with Crippen molar-refractivity contribution in [1.29, 1.82) is 0 Å². The van der Waals surface area contributed by atoms with E-state index in [9.17, 15) is 9.59 Å². The van der Waals surface area contributed by atoms with E-state index >= 15 is 0 Å². The molecule has 7 heteroatoms. The zero-order valence-electron chi connectivity index (χ0n) is 15.9. The summed E-state index contributed by atoms with van der Waals surface area (Å²) in [6.07, 6.45) is 1.03. The van der Waals surface area contributed by atoms with E-state index in [1.165, 1.54) is 0 Å². The van der Waals surface area contributed by atoms with Crippen LogP contribution in [0.4, 0.5) is 0 Å². The molecule has 1 atom stereocenters. The standard InChI is InChI=1S/C20H25N3O4/c1-4-13(2)23(3)11-15-6-7-16(20(25)22-15)19(24)21-10-14-5-8-17-18(9-14)27-12-26-17/h5-9,13H,4,10-12H2,1-3H3,(H,21,24)(H,22,25)/t13-/m1/s1. The molecule has 0 bridgehead atoms. The van der Waals surface area contributed by atoms with Crippen LogP contribution in [0.25, 0.3) is 0 Å². The molecule has 1 aromatic heterocycles. The van der Waals surface area contributed by atoms with E-state index in [1.54, 1.807) is 18.2 Å². The number of nitrogens with zero attached hydrogens (tertiary/aromatic N) is 1. The highest BCUT2D eigenvalue weighted by molar-refractivity contribution is 5.93. The summed E-state index contributed by atoms with van der Waals surface area (Å²) in [7, 11) is 2.01. The van der Waals surface area contributed by atoms with Gasteiger partial charge in [-0.25, -0.2) is 0 Å². The Labute approximate surface area is 158 Å². The van der Waals surface area contributed by atoms with E-state index in [0.717, 1.165) is 17.7 Å². The van der Waals surface area contributed by atoms with Crippen LogP contribution in [0.1, 0.15) is 41.9 Å². The molecule has 1 aliphatic heterocycles. The molecule has 2 N–H and O–H groups in total. The van der Waals surface area contributed by atoms with Gasteiger partial charge in [0.05, 0.1) is 0 Å². The quantitative estimate of drug-likeness (QED) is 0.780. The first-order valence-corrected chi connectivity index (χ1v) is 9.07. The van der Waals surface area contributed by atoms with Crippen LogP contribution >= 0.6 is 0 Å². The van der Waals surface area contributed by atoms with Crippen molar-refractivity contribution in [2.75, 3.05) is 13.8 Å². The highest BCUT2D eigenvalue weighted by Gasteiger charge is 2.15. The van der Waals surface area contributed by atoms with Crippen LogP contribution in [-0.4, -0.2) is 35.7 Å². The smallest absolute Gasteiger partial charge is 0.261 e. The van der Waals surface area contributed by atoms with E-state index in [0.29, 0.717) is 30.6 Å². The van der Waals surface area contributed by atoms with E-state index < -0.39 is 5.91 Å². The predicted molar refractivity (Wildman–Crippen MR) is 102 cm³/mol. The second-order valence-electron chi connectivity index (χ2n) is 6.77. The molecule has 3 rings (SSSR count). The Morgan fingerprint density at radius 2 is 2.04 bits per heavy atom. The molecule has 144 valence electrons. The lowest BCUT2D eigenvalue weighted by Gasteiger charge is -2.23. The van der Waals surface area contributed by atoms with Gasteiger partial charge in [0.15, 0.2) is 11.5 Å². The van der Waals surface area contributed by atoms with Crippen molar-refractivity contribution >= 4 is 5.91 Å². The van der Waals surface area contributed by atoms with Gasteiger partial charge in [-0.3, -0.25) is 14.5 Å². The Balaban J connectivity index is 1.62. The van der Waals surface area contributed by atoms with Gasteiger partial charge in [-0.15, -0.1) is 0 Å².